The first-order valence-electron chi connectivity index (χ1n) is 8.24. The number of hydrogen-bond donors (Lipinski definition) is 1. The SMILES string of the molecule is CCCNCc1cc(F)ccc1OC1CC(C)CC(C)C1. The zero-order valence-corrected chi connectivity index (χ0v) is 13.5. The van der Waals surface area contributed by atoms with E-state index < -0.39 is 0 Å². The van der Waals surface area contributed by atoms with Gasteiger partial charge in [0.1, 0.15) is 11.6 Å². The minimum Gasteiger partial charge on any atom is -0.490 e. The standard InChI is InChI=1S/C18H28FNO/c1-4-7-20-12-15-11-16(19)5-6-18(15)21-17-9-13(2)8-14(3)10-17/h5-6,11,13-14,17,20H,4,7-10,12H2,1-3H3. The second kappa shape index (κ2) is 7.79. The Kier molecular flexibility index (Phi) is 6.04. The summed E-state index contributed by atoms with van der Waals surface area (Å²) in [6.07, 6.45) is 4.82. The number of hydrogen-bond acceptors (Lipinski definition) is 2. The molecule has 0 aliphatic heterocycles. The molecule has 1 aromatic carbocycles. The molecule has 1 N–H and O–H groups in total. The fraction of sp³-hybridized carbons (Fsp3) is 0.667. The molecule has 1 aliphatic carbocycles. The molecule has 0 spiro atoms. The molecule has 1 aromatic rings. The van der Waals surface area contributed by atoms with Crippen molar-refractivity contribution in [2.75, 3.05) is 6.54 Å². The zero-order valence-electron chi connectivity index (χ0n) is 13.5. The molecule has 1 aliphatic rings. The van der Waals surface area contributed by atoms with Crippen molar-refractivity contribution >= 4 is 0 Å². The van der Waals surface area contributed by atoms with Gasteiger partial charge in [0.2, 0.25) is 0 Å². The second-order valence-electron chi connectivity index (χ2n) is 6.59. The molecule has 0 amide bonds. The second-order valence-corrected chi connectivity index (χ2v) is 6.59. The van der Waals surface area contributed by atoms with Crippen molar-refractivity contribution in [2.45, 2.75) is 59.1 Å². The fourth-order valence-corrected chi connectivity index (χ4v) is 3.35. The first kappa shape index (κ1) is 16.3. The van der Waals surface area contributed by atoms with Crippen LogP contribution in [0.2, 0.25) is 0 Å². The molecule has 2 nitrogen and oxygen atoms in total. The Morgan fingerprint density at radius 2 is 1.90 bits per heavy atom. The Morgan fingerprint density at radius 1 is 1.19 bits per heavy atom. The monoisotopic (exact) mass is 293 g/mol. The van der Waals surface area contributed by atoms with Gasteiger partial charge in [-0.1, -0.05) is 20.8 Å². The summed E-state index contributed by atoms with van der Waals surface area (Å²) in [5.74, 6) is 2.06. The summed E-state index contributed by atoms with van der Waals surface area (Å²) >= 11 is 0. The summed E-state index contributed by atoms with van der Waals surface area (Å²) < 4.78 is 19.7. The topological polar surface area (TPSA) is 21.3 Å². The molecule has 2 atom stereocenters. The van der Waals surface area contributed by atoms with E-state index in [0.717, 1.165) is 37.1 Å². The summed E-state index contributed by atoms with van der Waals surface area (Å²) in [4.78, 5) is 0. The number of halogens is 1. The number of rotatable bonds is 6. The Morgan fingerprint density at radius 3 is 2.57 bits per heavy atom. The molecule has 0 heterocycles. The molecule has 2 rings (SSSR count). The summed E-state index contributed by atoms with van der Waals surface area (Å²) in [5, 5.41) is 3.33. The zero-order chi connectivity index (χ0) is 15.2. The summed E-state index contributed by atoms with van der Waals surface area (Å²) in [6, 6.07) is 4.87. The maximum atomic E-state index is 13.5. The Hall–Kier alpha value is -1.09. The quantitative estimate of drug-likeness (QED) is 0.778. The van der Waals surface area contributed by atoms with Gasteiger partial charge in [0, 0.05) is 12.1 Å². The van der Waals surface area contributed by atoms with Gasteiger partial charge in [-0.25, -0.2) is 4.39 Å². The average Bonchev–Trinajstić information content (AvgIpc) is 2.41. The summed E-state index contributed by atoms with van der Waals surface area (Å²) in [5.41, 5.74) is 0.925. The van der Waals surface area contributed by atoms with Crippen LogP contribution in [0.15, 0.2) is 18.2 Å². The van der Waals surface area contributed by atoms with Crippen molar-refractivity contribution < 1.29 is 9.13 Å². The highest BCUT2D eigenvalue weighted by Crippen LogP contribution is 2.32. The van der Waals surface area contributed by atoms with Gasteiger partial charge in [0.15, 0.2) is 0 Å². The van der Waals surface area contributed by atoms with Gasteiger partial charge in [-0.3, -0.25) is 0 Å². The van der Waals surface area contributed by atoms with Gasteiger partial charge >= 0.3 is 0 Å². The van der Waals surface area contributed by atoms with E-state index >= 15 is 0 Å². The van der Waals surface area contributed by atoms with E-state index in [1.165, 1.54) is 12.5 Å². The third-order valence-corrected chi connectivity index (χ3v) is 4.19. The van der Waals surface area contributed by atoms with Crippen molar-refractivity contribution in [1.82, 2.24) is 5.32 Å². The molecule has 0 aromatic heterocycles. The predicted octanol–water partition coefficient (Wildman–Crippen LogP) is 4.53. The van der Waals surface area contributed by atoms with Gasteiger partial charge < -0.3 is 10.1 Å². The largest absolute Gasteiger partial charge is 0.490 e. The first-order chi connectivity index (χ1) is 10.1. The summed E-state index contributed by atoms with van der Waals surface area (Å²) in [7, 11) is 0. The molecular weight excluding hydrogens is 265 g/mol. The van der Waals surface area contributed by atoms with Crippen molar-refractivity contribution in [3.8, 4) is 5.75 Å². The van der Waals surface area contributed by atoms with E-state index in [4.69, 9.17) is 4.74 Å². The lowest BCUT2D eigenvalue weighted by atomic mass is 9.82. The van der Waals surface area contributed by atoms with Gasteiger partial charge in [-0.15, -0.1) is 0 Å². The van der Waals surface area contributed by atoms with Crippen LogP contribution in [-0.2, 0) is 6.54 Å². The van der Waals surface area contributed by atoms with Crippen LogP contribution in [0.5, 0.6) is 5.75 Å². The van der Waals surface area contributed by atoms with E-state index in [1.54, 1.807) is 12.1 Å². The molecular formula is C18H28FNO. The van der Waals surface area contributed by atoms with Gasteiger partial charge in [0.25, 0.3) is 0 Å². The highest BCUT2D eigenvalue weighted by atomic mass is 19.1. The average molecular weight is 293 g/mol. The van der Waals surface area contributed by atoms with Gasteiger partial charge in [0.05, 0.1) is 6.10 Å². The Labute approximate surface area is 128 Å². The van der Waals surface area contributed by atoms with Crippen LogP contribution in [0, 0.1) is 17.7 Å². The molecule has 3 heteroatoms. The van der Waals surface area contributed by atoms with Crippen LogP contribution in [-0.4, -0.2) is 12.6 Å². The van der Waals surface area contributed by atoms with E-state index in [-0.39, 0.29) is 11.9 Å². The molecule has 0 bridgehead atoms. The molecule has 1 saturated carbocycles. The molecule has 118 valence electrons. The van der Waals surface area contributed by atoms with Crippen molar-refractivity contribution in [1.29, 1.82) is 0 Å². The minimum atomic E-state index is -0.193. The van der Waals surface area contributed by atoms with Gasteiger partial charge in [-0.2, -0.15) is 0 Å². The smallest absolute Gasteiger partial charge is 0.124 e. The Balaban J connectivity index is 2.04. The lowest BCUT2D eigenvalue weighted by Gasteiger charge is -2.32. The van der Waals surface area contributed by atoms with Gasteiger partial charge in [-0.05, 0) is 62.3 Å². The van der Waals surface area contributed by atoms with Crippen molar-refractivity contribution in [2.24, 2.45) is 11.8 Å². The lowest BCUT2D eigenvalue weighted by Crippen LogP contribution is -2.29. The molecule has 1 fully saturated rings. The van der Waals surface area contributed by atoms with Crippen LogP contribution in [0.25, 0.3) is 0 Å². The highest BCUT2D eigenvalue weighted by Gasteiger charge is 2.25. The Bertz CT molecular complexity index is 439. The van der Waals surface area contributed by atoms with Crippen LogP contribution in [0.1, 0.15) is 52.0 Å². The summed E-state index contributed by atoms with van der Waals surface area (Å²) in [6.45, 7) is 8.31. The first-order valence-corrected chi connectivity index (χ1v) is 8.24. The number of ether oxygens (including phenoxy) is 1. The molecule has 0 saturated heterocycles. The van der Waals surface area contributed by atoms with Crippen molar-refractivity contribution in [3.63, 3.8) is 0 Å². The van der Waals surface area contributed by atoms with Crippen molar-refractivity contribution in [3.05, 3.63) is 29.6 Å². The lowest BCUT2D eigenvalue weighted by molar-refractivity contribution is 0.0998. The van der Waals surface area contributed by atoms with E-state index in [9.17, 15) is 4.39 Å². The van der Waals surface area contributed by atoms with Crippen LogP contribution in [0.3, 0.4) is 0 Å². The third-order valence-electron chi connectivity index (χ3n) is 4.19. The van der Waals surface area contributed by atoms with Crippen LogP contribution < -0.4 is 10.1 Å². The van der Waals surface area contributed by atoms with E-state index in [1.807, 2.05) is 0 Å². The fourth-order valence-electron chi connectivity index (χ4n) is 3.35. The predicted molar refractivity (Wildman–Crippen MR) is 85.0 cm³/mol. The van der Waals surface area contributed by atoms with E-state index in [2.05, 4.69) is 26.1 Å². The molecule has 0 radical (unpaired) electrons. The maximum absolute atomic E-state index is 13.5. The van der Waals surface area contributed by atoms with E-state index in [0.29, 0.717) is 18.4 Å². The van der Waals surface area contributed by atoms with Crippen LogP contribution >= 0.6 is 0 Å². The molecule has 21 heavy (non-hydrogen) atoms. The third kappa shape index (κ3) is 4.99. The maximum Gasteiger partial charge on any atom is 0.124 e. The normalized spacial score (nSPS) is 25.8. The van der Waals surface area contributed by atoms with Crippen LogP contribution in [0.4, 0.5) is 4.39 Å². The minimum absolute atomic E-state index is 0.193. The number of nitrogens with one attached hydrogen (secondary N) is 1. The molecule has 2 unspecified atom stereocenters. The number of benzene rings is 1. The highest BCUT2D eigenvalue weighted by molar-refractivity contribution is 5.34.